The van der Waals surface area contributed by atoms with Gasteiger partial charge in [-0.3, -0.25) is 9.59 Å². The van der Waals surface area contributed by atoms with E-state index >= 15 is 0 Å². The number of unbranched alkanes of at least 4 members (excludes halogenated alkanes) is 61. The number of ether oxygens (including phenoxy) is 4. The van der Waals surface area contributed by atoms with E-state index in [2.05, 4.69) is 13.8 Å². The summed E-state index contributed by atoms with van der Waals surface area (Å²) in [7, 11) is 5.96. The van der Waals surface area contributed by atoms with Crippen molar-refractivity contribution in [3.8, 4) is 0 Å². The van der Waals surface area contributed by atoms with Gasteiger partial charge in [-0.2, -0.15) is 0 Å². The number of likely N-dealkylation sites (N-methyl/N-ethyl adjacent to an activating group) is 1. The van der Waals surface area contributed by atoms with Gasteiger partial charge < -0.3 is 33.3 Å². The zero-order valence-electron chi connectivity index (χ0n) is 60.2. The van der Waals surface area contributed by atoms with Gasteiger partial charge in [0.25, 0.3) is 0 Å². The lowest BCUT2D eigenvalue weighted by Crippen LogP contribution is -2.44. The molecule has 0 aromatic heterocycles. The zero-order valence-corrected chi connectivity index (χ0v) is 60.2. The molecule has 9 nitrogen and oxygen atoms in total. The van der Waals surface area contributed by atoms with Crippen molar-refractivity contribution in [1.82, 2.24) is 0 Å². The van der Waals surface area contributed by atoms with Gasteiger partial charge in [0.1, 0.15) is 13.2 Å². The number of carboxylic acids is 1. The summed E-state index contributed by atoms with van der Waals surface area (Å²) < 4.78 is 22.9. The van der Waals surface area contributed by atoms with Crippen molar-refractivity contribution >= 4 is 17.9 Å². The lowest BCUT2D eigenvalue weighted by Gasteiger charge is -2.26. The molecular weight excluding hydrogens is 1090 g/mol. The Morgan fingerprint density at radius 1 is 0.295 bits per heavy atom. The number of quaternary nitrogens is 1. The molecule has 0 heterocycles. The van der Waals surface area contributed by atoms with Gasteiger partial charge in [-0.05, 0) is 12.8 Å². The second-order valence-electron chi connectivity index (χ2n) is 28.7. The van der Waals surface area contributed by atoms with E-state index in [1.54, 1.807) is 0 Å². The molecule has 88 heavy (non-hydrogen) atoms. The molecule has 0 fully saturated rings. The third-order valence-electron chi connectivity index (χ3n) is 18.6. The van der Waals surface area contributed by atoms with E-state index in [1.165, 1.54) is 366 Å². The lowest BCUT2D eigenvalue weighted by molar-refractivity contribution is -0.870. The number of carbonyl (C=O) groups excluding carboxylic acids is 3. The van der Waals surface area contributed by atoms with Crippen LogP contribution in [-0.4, -0.2) is 82.3 Å². The van der Waals surface area contributed by atoms with Crippen LogP contribution >= 0.6 is 0 Å². The van der Waals surface area contributed by atoms with Crippen LogP contribution in [0.4, 0.5) is 0 Å². The van der Waals surface area contributed by atoms with Crippen molar-refractivity contribution in [3.63, 3.8) is 0 Å². The molecule has 0 radical (unpaired) electrons. The first-order valence-electron chi connectivity index (χ1n) is 39.7. The topological polar surface area (TPSA) is 111 Å². The van der Waals surface area contributed by atoms with Crippen LogP contribution in [0.2, 0.25) is 0 Å². The average Bonchev–Trinajstić information content (AvgIpc) is 3.54. The normalized spacial score (nSPS) is 12.5. The highest BCUT2D eigenvalue weighted by molar-refractivity contribution is 5.70. The summed E-state index contributed by atoms with van der Waals surface area (Å²) in [5, 5.41) is 11.8. The van der Waals surface area contributed by atoms with Crippen LogP contribution in [0.15, 0.2) is 0 Å². The minimum Gasteiger partial charge on any atom is -0.545 e. The van der Waals surface area contributed by atoms with E-state index in [4.69, 9.17) is 18.9 Å². The van der Waals surface area contributed by atoms with Gasteiger partial charge in [0, 0.05) is 12.8 Å². The second kappa shape index (κ2) is 71.1. The van der Waals surface area contributed by atoms with Crippen molar-refractivity contribution < 1.29 is 42.9 Å². The molecule has 9 heteroatoms. The van der Waals surface area contributed by atoms with Crippen molar-refractivity contribution in [1.29, 1.82) is 0 Å². The number of hydrogen-bond donors (Lipinski definition) is 0. The predicted octanol–water partition coefficient (Wildman–Crippen LogP) is 23.7. The maximum absolute atomic E-state index is 13.0. The van der Waals surface area contributed by atoms with E-state index in [1.807, 2.05) is 21.1 Å². The van der Waals surface area contributed by atoms with Crippen LogP contribution in [0.5, 0.6) is 0 Å². The standard InChI is InChI=1S/C79H155NO8/c1-6-8-10-12-14-16-18-20-22-24-26-28-30-32-34-35-36-37-38-39-40-41-42-43-44-46-48-50-52-54-56-58-60-62-64-66-68-70-77(82)88-75(74-87-79(78(83)84)85-72-71-80(3,4)5)73-86-76(81)69-67-65-63-61-59-57-55-53-51-49-47-45-33-31-29-27-25-23-21-19-17-15-13-11-9-7-2/h75,79H,6-74H2,1-5H3. The van der Waals surface area contributed by atoms with Gasteiger partial charge >= 0.3 is 11.9 Å². The Hall–Kier alpha value is -1.71. The Morgan fingerprint density at radius 3 is 0.727 bits per heavy atom. The van der Waals surface area contributed by atoms with Crippen molar-refractivity contribution in [2.24, 2.45) is 0 Å². The quantitative estimate of drug-likeness (QED) is 0.0256. The highest BCUT2D eigenvalue weighted by Gasteiger charge is 2.22. The summed E-state index contributed by atoms with van der Waals surface area (Å²) in [4.78, 5) is 37.6. The fraction of sp³-hybridized carbons (Fsp3) is 0.962. The zero-order chi connectivity index (χ0) is 64.0. The molecule has 0 saturated heterocycles. The van der Waals surface area contributed by atoms with E-state index in [0.717, 1.165) is 38.5 Å². The Labute approximate surface area is 549 Å². The van der Waals surface area contributed by atoms with Crippen LogP contribution in [0.3, 0.4) is 0 Å². The third kappa shape index (κ3) is 71.7. The molecule has 0 aromatic carbocycles. The van der Waals surface area contributed by atoms with Gasteiger partial charge in [-0.25, -0.2) is 0 Å². The first kappa shape index (κ1) is 86.3. The lowest BCUT2D eigenvalue weighted by atomic mass is 10.0. The number of nitrogens with zero attached hydrogens (tertiary/aromatic N) is 1. The predicted molar refractivity (Wildman–Crippen MR) is 376 cm³/mol. The highest BCUT2D eigenvalue weighted by atomic mass is 16.7. The number of aliphatic carboxylic acids is 1. The summed E-state index contributed by atoms with van der Waals surface area (Å²) in [5.41, 5.74) is 0. The Morgan fingerprint density at radius 2 is 0.511 bits per heavy atom. The maximum atomic E-state index is 13.0. The summed E-state index contributed by atoms with van der Waals surface area (Å²) in [5.74, 6) is -2.24. The summed E-state index contributed by atoms with van der Waals surface area (Å²) in [6, 6.07) is 0. The Bertz CT molecular complexity index is 1400. The van der Waals surface area contributed by atoms with Gasteiger partial charge in [0.15, 0.2) is 12.4 Å². The molecule has 0 aliphatic carbocycles. The Kier molecular flexibility index (Phi) is 69.8. The molecule has 0 bridgehead atoms. The molecular formula is C79H155NO8. The average molecular weight is 1250 g/mol. The van der Waals surface area contributed by atoms with E-state index in [-0.39, 0.29) is 32.2 Å². The van der Waals surface area contributed by atoms with E-state index in [0.29, 0.717) is 17.4 Å². The smallest absolute Gasteiger partial charge is 0.306 e. The maximum Gasteiger partial charge on any atom is 0.306 e. The Balaban J connectivity index is 3.93. The summed E-state index contributed by atoms with van der Waals surface area (Å²) in [6.45, 7) is 4.85. The number of carbonyl (C=O) groups is 3. The van der Waals surface area contributed by atoms with Crippen molar-refractivity contribution in [2.45, 2.75) is 444 Å². The van der Waals surface area contributed by atoms with Crippen molar-refractivity contribution in [2.75, 3.05) is 47.5 Å². The number of hydrogen-bond acceptors (Lipinski definition) is 8. The highest BCUT2D eigenvalue weighted by Crippen LogP contribution is 2.21. The molecule has 0 N–H and O–H groups in total. The SMILES string of the molecule is CCCCCCCCCCCCCCCCCCCCCCCCCCCCCCCCCCCCCCCC(=O)OC(COC(=O)CCCCCCCCCCCCCCCCCCCCCCCCCCCC)COC(OCC[N+](C)(C)C)C(=O)[O-]. The molecule has 0 rings (SSSR count). The van der Waals surface area contributed by atoms with Crippen LogP contribution in [0.1, 0.15) is 431 Å². The van der Waals surface area contributed by atoms with Crippen LogP contribution in [0, 0.1) is 0 Å². The molecule has 0 aromatic rings. The van der Waals surface area contributed by atoms with Gasteiger partial charge in [0.05, 0.1) is 40.3 Å². The van der Waals surface area contributed by atoms with Gasteiger partial charge in [-0.15, -0.1) is 0 Å². The monoisotopic (exact) mass is 1250 g/mol. The van der Waals surface area contributed by atoms with Gasteiger partial charge in [0.2, 0.25) is 0 Å². The number of rotatable bonds is 76. The molecule has 2 unspecified atom stereocenters. The third-order valence-corrected chi connectivity index (χ3v) is 18.6. The minimum absolute atomic E-state index is 0.154. The molecule has 0 saturated carbocycles. The van der Waals surface area contributed by atoms with Crippen molar-refractivity contribution in [3.05, 3.63) is 0 Å². The number of esters is 2. The fourth-order valence-electron chi connectivity index (χ4n) is 12.5. The molecule has 2 atom stereocenters. The molecule has 0 aliphatic rings. The van der Waals surface area contributed by atoms with Crippen LogP contribution in [-0.2, 0) is 33.3 Å². The summed E-state index contributed by atoms with van der Waals surface area (Å²) >= 11 is 0. The largest absolute Gasteiger partial charge is 0.545 e. The molecule has 524 valence electrons. The van der Waals surface area contributed by atoms with Crippen LogP contribution < -0.4 is 5.11 Å². The molecule has 0 spiro atoms. The van der Waals surface area contributed by atoms with Crippen LogP contribution in [0.25, 0.3) is 0 Å². The second-order valence-corrected chi connectivity index (χ2v) is 28.7. The fourth-order valence-corrected chi connectivity index (χ4v) is 12.5. The van der Waals surface area contributed by atoms with E-state index in [9.17, 15) is 19.5 Å². The number of carboxylic acid groups (broad SMARTS) is 1. The summed E-state index contributed by atoms with van der Waals surface area (Å²) in [6.07, 6.45) is 83.8. The minimum atomic E-state index is -1.62. The molecule has 0 aliphatic heterocycles. The van der Waals surface area contributed by atoms with E-state index < -0.39 is 24.3 Å². The molecule has 0 amide bonds. The first-order valence-corrected chi connectivity index (χ1v) is 39.7. The van der Waals surface area contributed by atoms with Gasteiger partial charge in [-0.1, -0.05) is 406 Å². The first-order chi connectivity index (χ1) is 43.1.